The second kappa shape index (κ2) is 4.59. The van der Waals surface area contributed by atoms with Crippen LogP contribution in [0.2, 0.25) is 0 Å². The van der Waals surface area contributed by atoms with E-state index in [-0.39, 0.29) is 11.8 Å². The van der Waals surface area contributed by atoms with Gasteiger partial charge in [0, 0.05) is 6.42 Å². The van der Waals surface area contributed by atoms with E-state index in [9.17, 15) is 22.0 Å². The Balaban J connectivity index is 1.58. The molecule has 7 heteroatoms. The number of hydrogen-bond acceptors (Lipinski definition) is 3. The van der Waals surface area contributed by atoms with E-state index in [1.165, 1.54) is 12.0 Å². The lowest BCUT2D eigenvalue weighted by Gasteiger charge is -2.61. The summed E-state index contributed by atoms with van der Waals surface area (Å²) in [5.74, 6) is 0.458. The van der Waals surface area contributed by atoms with Crippen LogP contribution < -0.4 is 0 Å². The van der Waals surface area contributed by atoms with Crippen LogP contribution >= 0.6 is 0 Å². The SMILES string of the molecule is O=C(CCC12CC3CC=C1C(C3)C2)CC(F)(F)S(=O)(=O)O. The maximum atomic E-state index is 13.1. The van der Waals surface area contributed by atoms with Crippen LogP contribution in [0.1, 0.15) is 44.9 Å². The lowest BCUT2D eigenvalue weighted by molar-refractivity contribution is -0.124. The molecule has 4 aliphatic carbocycles. The van der Waals surface area contributed by atoms with Gasteiger partial charge in [0.2, 0.25) is 0 Å². The summed E-state index contributed by atoms with van der Waals surface area (Å²) < 4.78 is 55.7. The van der Waals surface area contributed by atoms with E-state index in [0.717, 1.165) is 19.3 Å². The Labute approximate surface area is 122 Å². The Hall–Kier alpha value is -0.820. The summed E-state index contributed by atoms with van der Waals surface area (Å²) in [7, 11) is -5.52. The number of fused-ring (bicyclic) bond motifs is 1. The van der Waals surface area contributed by atoms with Gasteiger partial charge >= 0.3 is 15.4 Å². The molecular formula is C14H18F2O4S. The molecular weight excluding hydrogens is 302 g/mol. The lowest BCUT2D eigenvalue weighted by atomic mass is 9.44. The van der Waals surface area contributed by atoms with Crippen LogP contribution in [0.3, 0.4) is 0 Å². The van der Waals surface area contributed by atoms with Crippen molar-refractivity contribution in [1.82, 2.24) is 0 Å². The lowest BCUT2D eigenvalue weighted by Crippen LogP contribution is -2.50. The number of Topliss-reactive ketones (excluding diaryl/α,β-unsaturated/α-hetero) is 1. The fraction of sp³-hybridized carbons (Fsp3) is 0.786. The molecule has 0 heterocycles. The van der Waals surface area contributed by atoms with Gasteiger partial charge in [0.15, 0.2) is 0 Å². The Bertz CT molecular complexity index is 610. The number of ketones is 1. The fourth-order valence-corrected chi connectivity index (χ4v) is 4.79. The summed E-state index contributed by atoms with van der Waals surface area (Å²) >= 11 is 0. The van der Waals surface area contributed by atoms with Crippen molar-refractivity contribution in [1.29, 1.82) is 0 Å². The van der Waals surface area contributed by atoms with Gasteiger partial charge in [-0.3, -0.25) is 9.35 Å². The third-order valence-corrected chi connectivity index (χ3v) is 6.22. The molecule has 4 aliphatic rings. The molecule has 4 nitrogen and oxygen atoms in total. The van der Waals surface area contributed by atoms with Crippen LogP contribution in [-0.4, -0.2) is 24.0 Å². The quantitative estimate of drug-likeness (QED) is 0.603. The summed E-state index contributed by atoms with van der Waals surface area (Å²) in [6.45, 7) is 0. The average molecular weight is 320 g/mol. The predicted molar refractivity (Wildman–Crippen MR) is 71.3 cm³/mol. The standard InChI is InChI=1S/C14H18F2O4S/c15-14(16,21(18,19)20)8-11(17)3-4-13-6-9-1-2-12(13)10(5-9)7-13/h2,9-10H,1,3-8H2,(H,18,19,20). The summed E-state index contributed by atoms with van der Waals surface area (Å²) in [4.78, 5) is 11.6. The maximum absolute atomic E-state index is 13.1. The summed E-state index contributed by atoms with van der Waals surface area (Å²) in [6, 6.07) is 0. The third-order valence-electron chi connectivity index (χ3n) is 5.32. The van der Waals surface area contributed by atoms with Crippen molar-refractivity contribution >= 4 is 15.9 Å². The molecule has 2 fully saturated rings. The number of alkyl halides is 2. The van der Waals surface area contributed by atoms with E-state index in [0.29, 0.717) is 18.3 Å². The van der Waals surface area contributed by atoms with Gasteiger partial charge in [-0.2, -0.15) is 17.2 Å². The molecule has 118 valence electrons. The summed E-state index contributed by atoms with van der Waals surface area (Å²) in [5.41, 5.74) is 1.40. The molecule has 4 bridgehead atoms. The molecule has 0 aromatic carbocycles. The first-order valence-electron chi connectivity index (χ1n) is 7.20. The summed E-state index contributed by atoms with van der Waals surface area (Å²) in [6.07, 6.45) is 5.62. The van der Waals surface area contributed by atoms with Crippen molar-refractivity contribution in [3.8, 4) is 0 Å². The van der Waals surface area contributed by atoms with Crippen LogP contribution in [0.5, 0.6) is 0 Å². The van der Waals surface area contributed by atoms with Crippen molar-refractivity contribution in [2.45, 2.75) is 50.2 Å². The number of carbonyl (C=O) groups excluding carboxylic acids is 1. The Morgan fingerprint density at radius 1 is 1.43 bits per heavy atom. The van der Waals surface area contributed by atoms with Crippen LogP contribution in [0, 0.1) is 17.3 Å². The molecule has 0 aromatic rings. The van der Waals surface area contributed by atoms with Gasteiger partial charge in [-0.25, -0.2) is 0 Å². The highest BCUT2D eigenvalue weighted by molar-refractivity contribution is 7.86. The van der Waals surface area contributed by atoms with E-state index in [4.69, 9.17) is 4.55 Å². The minimum absolute atomic E-state index is 0.00880. The number of allylic oxidation sites excluding steroid dienone is 2. The molecule has 2 saturated carbocycles. The minimum atomic E-state index is -5.52. The summed E-state index contributed by atoms with van der Waals surface area (Å²) in [5, 5.41) is -4.38. The van der Waals surface area contributed by atoms with Gasteiger partial charge in [0.25, 0.3) is 0 Å². The van der Waals surface area contributed by atoms with Crippen LogP contribution in [0.4, 0.5) is 8.78 Å². The van der Waals surface area contributed by atoms with Crippen molar-refractivity contribution in [2.24, 2.45) is 17.3 Å². The van der Waals surface area contributed by atoms with Gasteiger partial charge < -0.3 is 0 Å². The first kappa shape index (κ1) is 15.1. The fourth-order valence-electron chi connectivity index (χ4n) is 4.44. The van der Waals surface area contributed by atoms with E-state index in [1.54, 1.807) is 0 Å². The molecule has 1 N–H and O–H groups in total. The van der Waals surface area contributed by atoms with Crippen molar-refractivity contribution < 1.29 is 26.5 Å². The third kappa shape index (κ3) is 2.44. The first-order chi connectivity index (χ1) is 9.63. The van der Waals surface area contributed by atoms with Crippen LogP contribution in [-0.2, 0) is 14.9 Å². The first-order valence-corrected chi connectivity index (χ1v) is 8.64. The van der Waals surface area contributed by atoms with Crippen LogP contribution in [0.25, 0.3) is 0 Å². The number of halogens is 2. The average Bonchev–Trinajstić information content (AvgIpc) is 2.34. The highest BCUT2D eigenvalue weighted by Gasteiger charge is 2.56. The predicted octanol–water partition coefficient (Wildman–Crippen LogP) is 2.95. The van der Waals surface area contributed by atoms with Gasteiger partial charge in [-0.15, -0.1) is 0 Å². The van der Waals surface area contributed by atoms with Crippen molar-refractivity contribution in [2.75, 3.05) is 0 Å². The zero-order chi connectivity index (χ0) is 15.5. The topological polar surface area (TPSA) is 71.4 Å². The Morgan fingerprint density at radius 2 is 2.14 bits per heavy atom. The van der Waals surface area contributed by atoms with Crippen LogP contribution in [0.15, 0.2) is 11.6 Å². The molecule has 0 aliphatic heterocycles. The molecule has 3 atom stereocenters. The molecule has 0 aromatic heterocycles. The van der Waals surface area contributed by atoms with E-state index >= 15 is 0 Å². The number of hydrogen-bond donors (Lipinski definition) is 1. The molecule has 0 saturated heterocycles. The Kier molecular flexibility index (Phi) is 3.30. The van der Waals surface area contributed by atoms with E-state index < -0.39 is 27.6 Å². The largest absolute Gasteiger partial charge is 0.376 e. The van der Waals surface area contributed by atoms with Gasteiger partial charge in [0.05, 0.1) is 6.42 Å². The van der Waals surface area contributed by atoms with Gasteiger partial charge in [-0.1, -0.05) is 11.6 Å². The normalized spacial score (nSPS) is 34.3. The molecule has 21 heavy (non-hydrogen) atoms. The number of carbonyl (C=O) groups is 1. The number of rotatable bonds is 6. The molecule has 0 spiro atoms. The highest BCUT2D eigenvalue weighted by Crippen LogP contribution is 2.66. The monoisotopic (exact) mass is 320 g/mol. The Morgan fingerprint density at radius 3 is 2.67 bits per heavy atom. The highest BCUT2D eigenvalue weighted by atomic mass is 32.2. The zero-order valence-corrected chi connectivity index (χ0v) is 12.3. The van der Waals surface area contributed by atoms with Crippen molar-refractivity contribution in [3.05, 3.63) is 11.6 Å². The minimum Gasteiger partial charge on any atom is -0.299 e. The molecule has 0 amide bonds. The molecule has 3 unspecified atom stereocenters. The van der Waals surface area contributed by atoms with Gasteiger partial charge in [-0.05, 0) is 49.4 Å². The molecule has 0 radical (unpaired) electrons. The zero-order valence-electron chi connectivity index (χ0n) is 11.5. The smallest absolute Gasteiger partial charge is 0.299 e. The van der Waals surface area contributed by atoms with E-state index in [1.807, 2.05) is 0 Å². The van der Waals surface area contributed by atoms with E-state index in [2.05, 4.69) is 6.08 Å². The van der Waals surface area contributed by atoms with Gasteiger partial charge in [0.1, 0.15) is 5.78 Å². The maximum Gasteiger partial charge on any atom is 0.376 e. The second-order valence-corrected chi connectivity index (χ2v) is 8.26. The molecule has 4 rings (SSSR count). The van der Waals surface area contributed by atoms with Crippen molar-refractivity contribution in [3.63, 3.8) is 0 Å². The second-order valence-electron chi connectivity index (χ2n) is 6.71.